The van der Waals surface area contributed by atoms with Crippen LogP contribution in [-0.4, -0.2) is 26.4 Å². The number of pyridine rings is 1. The van der Waals surface area contributed by atoms with Crippen molar-refractivity contribution in [1.29, 1.82) is 0 Å². The van der Waals surface area contributed by atoms with Crippen LogP contribution in [0.4, 0.5) is 0 Å². The van der Waals surface area contributed by atoms with Crippen LogP contribution in [0.2, 0.25) is 0 Å². The molecule has 1 aromatic heterocycles. The molecule has 2 N–H and O–H groups in total. The number of amides is 1. The number of aromatic nitrogens is 1. The summed E-state index contributed by atoms with van der Waals surface area (Å²) in [6.07, 6.45) is 2.24. The van der Waals surface area contributed by atoms with Gasteiger partial charge in [-0.15, -0.1) is 0 Å². The van der Waals surface area contributed by atoms with Gasteiger partial charge in [-0.2, -0.15) is 0 Å². The number of carbonyl (C=O) groups is 1. The number of hydrogen-bond donors (Lipinski definition) is 2. The van der Waals surface area contributed by atoms with Crippen LogP contribution in [0, 0.1) is 6.92 Å². The predicted molar refractivity (Wildman–Crippen MR) is 92.2 cm³/mol. The molecule has 0 radical (unpaired) electrons. The van der Waals surface area contributed by atoms with Crippen molar-refractivity contribution in [2.75, 3.05) is 7.05 Å². The molecule has 1 atom stereocenters. The molecule has 0 bridgehead atoms. The Labute approximate surface area is 142 Å². The lowest BCUT2D eigenvalue weighted by atomic mass is 10.1. The molecule has 0 aliphatic rings. The van der Waals surface area contributed by atoms with Gasteiger partial charge >= 0.3 is 0 Å². The largest absolute Gasteiger partial charge is 0.355 e. The summed E-state index contributed by atoms with van der Waals surface area (Å²) in [4.78, 5) is 15.9. The summed E-state index contributed by atoms with van der Waals surface area (Å²) >= 11 is 0. The fraction of sp³-hybridized carbons (Fsp3) is 0.294. The van der Waals surface area contributed by atoms with E-state index in [1.165, 1.54) is 31.3 Å². The molecule has 0 aliphatic carbocycles. The average molecular weight is 347 g/mol. The van der Waals surface area contributed by atoms with E-state index in [-0.39, 0.29) is 10.8 Å². The van der Waals surface area contributed by atoms with Crippen LogP contribution in [0.15, 0.2) is 47.5 Å². The quantitative estimate of drug-likeness (QED) is 0.838. The molecule has 2 aromatic rings. The first-order valence-corrected chi connectivity index (χ1v) is 9.12. The molecule has 128 valence electrons. The number of carbonyl (C=O) groups excluding carboxylic acids is 1. The second-order valence-electron chi connectivity index (χ2n) is 5.44. The van der Waals surface area contributed by atoms with Gasteiger partial charge in [0.05, 0.1) is 16.6 Å². The molecular formula is C17H21N3O3S. The normalized spacial score (nSPS) is 12.6. The maximum atomic E-state index is 12.6. The summed E-state index contributed by atoms with van der Waals surface area (Å²) < 4.78 is 27.8. The Hall–Kier alpha value is -2.25. The van der Waals surface area contributed by atoms with E-state index < -0.39 is 16.1 Å². The maximum Gasteiger partial charge on any atom is 0.251 e. The summed E-state index contributed by atoms with van der Waals surface area (Å²) in [5, 5.41) is 2.50. The van der Waals surface area contributed by atoms with Gasteiger partial charge in [-0.05, 0) is 55.3 Å². The van der Waals surface area contributed by atoms with Crippen molar-refractivity contribution < 1.29 is 13.2 Å². The van der Waals surface area contributed by atoms with Gasteiger partial charge in [-0.25, -0.2) is 13.1 Å². The molecule has 0 aliphatic heterocycles. The van der Waals surface area contributed by atoms with E-state index >= 15 is 0 Å². The van der Waals surface area contributed by atoms with Gasteiger partial charge in [0.25, 0.3) is 5.91 Å². The third-order valence-electron chi connectivity index (χ3n) is 3.65. The minimum atomic E-state index is -3.70. The fourth-order valence-electron chi connectivity index (χ4n) is 2.29. The van der Waals surface area contributed by atoms with Gasteiger partial charge in [0.2, 0.25) is 10.0 Å². The molecule has 0 saturated heterocycles. The van der Waals surface area contributed by atoms with Crippen LogP contribution in [-0.2, 0) is 10.0 Å². The van der Waals surface area contributed by atoms with Crippen molar-refractivity contribution >= 4 is 15.9 Å². The Morgan fingerprint density at radius 3 is 2.42 bits per heavy atom. The number of aryl methyl sites for hydroxylation is 1. The predicted octanol–water partition coefficient (Wildman–Crippen LogP) is 2.18. The zero-order valence-corrected chi connectivity index (χ0v) is 14.7. The molecule has 0 fully saturated rings. The zero-order valence-electron chi connectivity index (χ0n) is 13.9. The van der Waals surface area contributed by atoms with Crippen molar-refractivity contribution in [2.24, 2.45) is 0 Å². The smallest absolute Gasteiger partial charge is 0.251 e. The first-order valence-electron chi connectivity index (χ1n) is 7.64. The number of nitrogens with zero attached hydrogens (tertiary/aromatic N) is 1. The van der Waals surface area contributed by atoms with Crippen molar-refractivity contribution in [3.63, 3.8) is 0 Å². The third kappa shape index (κ3) is 4.18. The van der Waals surface area contributed by atoms with E-state index in [9.17, 15) is 13.2 Å². The highest BCUT2D eigenvalue weighted by molar-refractivity contribution is 7.89. The van der Waals surface area contributed by atoms with Crippen LogP contribution < -0.4 is 10.0 Å². The van der Waals surface area contributed by atoms with Crippen molar-refractivity contribution in [1.82, 2.24) is 15.0 Å². The first kappa shape index (κ1) is 18.1. The number of rotatable bonds is 6. The van der Waals surface area contributed by atoms with Crippen LogP contribution in [0.1, 0.15) is 41.0 Å². The minimum absolute atomic E-state index is 0.112. The van der Waals surface area contributed by atoms with Gasteiger partial charge in [-0.3, -0.25) is 9.78 Å². The Morgan fingerprint density at radius 1 is 1.21 bits per heavy atom. The van der Waals surface area contributed by atoms with Crippen LogP contribution >= 0.6 is 0 Å². The molecular weight excluding hydrogens is 326 g/mol. The minimum Gasteiger partial charge on any atom is -0.355 e. The van der Waals surface area contributed by atoms with Gasteiger partial charge in [-0.1, -0.05) is 6.92 Å². The average Bonchev–Trinajstić information content (AvgIpc) is 2.59. The summed E-state index contributed by atoms with van der Waals surface area (Å²) in [5.41, 5.74) is 2.11. The standard InChI is InChI=1S/C17H21N3O3S/c1-4-15(16-11-12(2)9-10-19-16)20-24(22,23)14-7-5-13(6-8-14)17(21)18-3/h5-11,15,20H,4H2,1-3H3,(H,18,21). The third-order valence-corrected chi connectivity index (χ3v) is 5.14. The van der Waals surface area contributed by atoms with Gasteiger partial charge in [0.1, 0.15) is 0 Å². The molecule has 7 heteroatoms. The van der Waals surface area contributed by atoms with Gasteiger partial charge < -0.3 is 5.32 Å². The summed E-state index contributed by atoms with van der Waals surface area (Å²) in [6, 6.07) is 9.13. The Bertz CT molecular complexity index is 817. The van der Waals surface area contributed by atoms with E-state index in [0.717, 1.165) is 5.56 Å². The summed E-state index contributed by atoms with van der Waals surface area (Å²) in [7, 11) is -2.18. The molecule has 0 saturated carbocycles. The molecule has 0 spiro atoms. The lowest BCUT2D eigenvalue weighted by Gasteiger charge is -2.17. The Balaban J connectivity index is 2.24. The van der Waals surface area contributed by atoms with E-state index in [4.69, 9.17) is 0 Å². The van der Waals surface area contributed by atoms with Crippen LogP contribution in [0.5, 0.6) is 0 Å². The van der Waals surface area contributed by atoms with Crippen LogP contribution in [0.3, 0.4) is 0 Å². The number of nitrogens with one attached hydrogen (secondary N) is 2. The van der Waals surface area contributed by atoms with Crippen molar-refractivity contribution in [3.05, 3.63) is 59.4 Å². The summed E-state index contributed by atoms with van der Waals surface area (Å²) in [5.74, 6) is -0.262. The lowest BCUT2D eigenvalue weighted by molar-refractivity contribution is 0.0963. The highest BCUT2D eigenvalue weighted by atomic mass is 32.2. The van der Waals surface area contributed by atoms with Gasteiger partial charge in [0.15, 0.2) is 0 Å². The lowest BCUT2D eigenvalue weighted by Crippen LogP contribution is -2.29. The summed E-state index contributed by atoms with van der Waals surface area (Å²) in [6.45, 7) is 3.83. The SMILES string of the molecule is CCC(NS(=O)(=O)c1ccc(C(=O)NC)cc1)c1cc(C)ccn1. The number of benzene rings is 1. The van der Waals surface area contributed by atoms with E-state index in [2.05, 4.69) is 15.0 Å². The van der Waals surface area contributed by atoms with Crippen molar-refractivity contribution in [2.45, 2.75) is 31.2 Å². The van der Waals surface area contributed by atoms with Crippen molar-refractivity contribution in [3.8, 4) is 0 Å². The number of hydrogen-bond acceptors (Lipinski definition) is 4. The highest BCUT2D eigenvalue weighted by Gasteiger charge is 2.21. The molecule has 1 amide bonds. The van der Waals surface area contributed by atoms with Crippen LogP contribution in [0.25, 0.3) is 0 Å². The second kappa shape index (κ2) is 7.55. The highest BCUT2D eigenvalue weighted by Crippen LogP contribution is 2.19. The Kier molecular flexibility index (Phi) is 5.69. The maximum absolute atomic E-state index is 12.6. The van der Waals surface area contributed by atoms with E-state index in [0.29, 0.717) is 17.7 Å². The van der Waals surface area contributed by atoms with E-state index in [1.54, 1.807) is 6.20 Å². The first-order chi connectivity index (χ1) is 11.4. The van der Waals surface area contributed by atoms with E-state index in [1.807, 2.05) is 26.0 Å². The topological polar surface area (TPSA) is 88.2 Å². The molecule has 24 heavy (non-hydrogen) atoms. The molecule has 6 nitrogen and oxygen atoms in total. The molecule has 2 rings (SSSR count). The fourth-order valence-corrected chi connectivity index (χ4v) is 3.58. The second-order valence-corrected chi connectivity index (χ2v) is 7.16. The molecule has 1 unspecified atom stereocenters. The number of sulfonamides is 1. The zero-order chi connectivity index (χ0) is 17.7. The van der Waals surface area contributed by atoms with Gasteiger partial charge in [0, 0.05) is 18.8 Å². The molecule has 1 aromatic carbocycles. The Morgan fingerprint density at radius 2 is 1.88 bits per heavy atom. The molecule has 1 heterocycles. The monoisotopic (exact) mass is 347 g/mol.